The molecule has 1 aromatic heterocycles. The Morgan fingerprint density at radius 1 is 0.742 bits per heavy atom. The van der Waals surface area contributed by atoms with E-state index in [1.165, 1.54) is 0 Å². The lowest BCUT2D eigenvalue weighted by atomic mass is 10.2. The van der Waals surface area contributed by atoms with Crippen molar-refractivity contribution in [1.29, 1.82) is 0 Å². The molecule has 0 aliphatic rings. The van der Waals surface area contributed by atoms with E-state index in [1.54, 1.807) is 14.2 Å². The van der Waals surface area contributed by atoms with Crippen LogP contribution >= 0.6 is 0 Å². The summed E-state index contributed by atoms with van der Waals surface area (Å²) < 4.78 is 11.0. The lowest BCUT2D eigenvalue weighted by Crippen LogP contribution is -2.09. The van der Waals surface area contributed by atoms with Crippen LogP contribution in [0.5, 0.6) is 11.5 Å². The Balaban J connectivity index is 1.81. The van der Waals surface area contributed by atoms with Gasteiger partial charge in [0.15, 0.2) is 11.5 Å². The van der Waals surface area contributed by atoms with E-state index in [4.69, 9.17) is 19.4 Å². The number of anilines is 5. The van der Waals surface area contributed by atoms with E-state index in [-0.39, 0.29) is 0 Å². The lowest BCUT2D eigenvalue weighted by Gasteiger charge is -2.16. The molecule has 0 aliphatic heterocycles. The number of nitrogens with zero attached hydrogens (tertiary/aromatic N) is 3. The average Bonchev–Trinajstić information content (AvgIpc) is 2.79. The van der Waals surface area contributed by atoms with Crippen molar-refractivity contribution < 1.29 is 9.47 Å². The second-order valence-electron chi connectivity index (χ2n) is 7.18. The molecule has 2 N–H and O–H groups in total. The van der Waals surface area contributed by atoms with Gasteiger partial charge in [0.1, 0.15) is 5.82 Å². The second-order valence-corrected chi connectivity index (χ2v) is 7.18. The quantitative estimate of drug-likeness (QED) is 0.430. The van der Waals surface area contributed by atoms with Crippen LogP contribution in [0.1, 0.15) is 0 Å². The van der Waals surface area contributed by atoms with Gasteiger partial charge in [-0.3, -0.25) is 0 Å². The Morgan fingerprint density at radius 3 is 2.16 bits per heavy atom. The predicted octanol–water partition coefficient (Wildman–Crippen LogP) is 5.20. The molecule has 0 radical (unpaired) electrons. The molecule has 0 unspecified atom stereocenters. The first kappa shape index (κ1) is 20.3. The number of nitrogens with one attached hydrogen (secondary N) is 2. The number of aromatic nitrogens is 2. The SMILES string of the molecule is COc1cc2nc(Nc3cccc(N(C)C)c3)nc(Nc3ccccc3)c2cc1OC. The number of fused-ring (bicyclic) bond motifs is 1. The molecule has 158 valence electrons. The van der Waals surface area contributed by atoms with Crippen molar-refractivity contribution in [3.05, 3.63) is 66.7 Å². The summed E-state index contributed by atoms with van der Waals surface area (Å²) in [6.45, 7) is 0. The number of ether oxygens (including phenoxy) is 2. The van der Waals surface area contributed by atoms with Crippen molar-refractivity contribution in [2.75, 3.05) is 43.8 Å². The third-order valence-corrected chi connectivity index (χ3v) is 4.86. The fourth-order valence-electron chi connectivity index (χ4n) is 3.26. The highest BCUT2D eigenvalue weighted by Crippen LogP contribution is 2.36. The molecule has 4 aromatic rings. The molecule has 0 atom stereocenters. The van der Waals surface area contributed by atoms with Crippen LogP contribution in [0.3, 0.4) is 0 Å². The molecule has 0 bridgehead atoms. The van der Waals surface area contributed by atoms with Crippen molar-refractivity contribution in [1.82, 2.24) is 9.97 Å². The minimum absolute atomic E-state index is 0.481. The Labute approximate surface area is 181 Å². The fraction of sp³-hybridized carbons (Fsp3) is 0.167. The molecular formula is C24H25N5O2. The Bertz CT molecular complexity index is 1200. The zero-order valence-corrected chi connectivity index (χ0v) is 18.0. The molecule has 4 rings (SSSR count). The van der Waals surface area contributed by atoms with Crippen molar-refractivity contribution in [3.8, 4) is 11.5 Å². The Morgan fingerprint density at radius 2 is 1.45 bits per heavy atom. The van der Waals surface area contributed by atoms with Gasteiger partial charge in [-0.1, -0.05) is 24.3 Å². The summed E-state index contributed by atoms with van der Waals surface area (Å²) >= 11 is 0. The van der Waals surface area contributed by atoms with E-state index >= 15 is 0 Å². The van der Waals surface area contributed by atoms with Crippen LogP contribution in [0, 0.1) is 0 Å². The summed E-state index contributed by atoms with van der Waals surface area (Å²) in [6, 6.07) is 21.7. The van der Waals surface area contributed by atoms with Crippen LogP contribution in [-0.4, -0.2) is 38.3 Å². The first-order chi connectivity index (χ1) is 15.1. The first-order valence-corrected chi connectivity index (χ1v) is 9.87. The van der Waals surface area contributed by atoms with Crippen LogP contribution in [0.15, 0.2) is 66.7 Å². The topological polar surface area (TPSA) is 71.5 Å². The van der Waals surface area contributed by atoms with Gasteiger partial charge >= 0.3 is 0 Å². The summed E-state index contributed by atoms with van der Waals surface area (Å²) in [6.07, 6.45) is 0. The Kier molecular flexibility index (Phi) is 5.75. The maximum absolute atomic E-state index is 5.48. The third kappa shape index (κ3) is 4.45. The van der Waals surface area contributed by atoms with Gasteiger partial charge < -0.3 is 25.0 Å². The van der Waals surface area contributed by atoms with Gasteiger partial charge in [-0.2, -0.15) is 4.98 Å². The van der Waals surface area contributed by atoms with Crippen LogP contribution in [0.2, 0.25) is 0 Å². The van der Waals surface area contributed by atoms with Gasteiger partial charge in [0, 0.05) is 42.6 Å². The van der Waals surface area contributed by atoms with Gasteiger partial charge in [-0.25, -0.2) is 4.98 Å². The van der Waals surface area contributed by atoms with E-state index in [1.807, 2.05) is 85.7 Å². The lowest BCUT2D eigenvalue weighted by molar-refractivity contribution is 0.356. The number of hydrogen-bond acceptors (Lipinski definition) is 7. The summed E-state index contributed by atoms with van der Waals surface area (Å²) in [4.78, 5) is 11.5. The molecule has 3 aromatic carbocycles. The van der Waals surface area contributed by atoms with E-state index < -0.39 is 0 Å². The molecule has 0 fully saturated rings. The highest BCUT2D eigenvalue weighted by molar-refractivity contribution is 5.94. The minimum atomic E-state index is 0.481. The molecule has 0 saturated heterocycles. The monoisotopic (exact) mass is 415 g/mol. The van der Waals surface area contributed by atoms with E-state index in [0.717, 1.165) is 28.0 Å². The first-order valence-electron chi connectivity index (χ1n) is 9.87. The predicted molar refractivity (Wildman–Crippen MR) is 126 cm³/mol. The summed E-state index contributed by atoms with van der Waals surface area (Å²) in [5, 5.41) is 7.55. The molecule has 7 heteroatoms. The van der Waals surface area contributed by atoms with Crippen LogP contribution in [-0.2, 0) is 0 Å². The summed E-state index contributed by atoms with van der Waals surface area (Å²) in [7, 11) is 7.24. The number of methoxy groups -OCH3 is 2. The molecule has 0 spiro atoms. The van der Waals surface area contributed by atoms with Crippen molar-refractivity contribution in [3.63, 3.8) is 0 Å². The van der Waals surface area contributed by atoms with E-state index in [0.29, 0.717) is 23.3 Å². The average molecular weight is 415 g/mol. The van der Waals surface area contributed by atoms with Crippen molar-refractivity contribution >= 4 is 39.7 Å². The molecule has 31 heavy (non-hydrogen) atoms. The summed E-state index contributed by atoms with van der Waals surface area (Å²) in [5.74, 6) is 2.38. The second kappa shape index (κ2) is 8.79. The molecule has 1 heterocycles. The molecular weight excluding hydrogens is 390 g/mol. The van der Waals surface area contributed by atoms with E-state index in [9.17, 15) is 0 Å². The molecule has 7 nitrogen and oxygen atoms in total. The number of hydrogen-bond donors (Lipinski definition) is 2. The Hall–Kier alpha value is -4.00. The van der Waals surface area contributed by atoms with Gasteiger partial charge in [-0.05, 0) is 36.4 Å². The van der Waals surface area contributed by atoms with Crippen molar-refractivity contribution in [2.45, 2.75) is 0 Å². The van der Waals surface area contributed by atoms with Crippen LogP contribution in [0.4, 0.5) is 28.8 Å². The zero-order valence-electron chi connectivity index (χ0n) is 18.0. The number of para-hydroxylation sites is 1. The minimum Gasteiger partial charge on any atom is -0.493 e. The van der Waals surface area contributed by atoms with Crippen LogP contribution in [0.25, 0.3) is 10.9 Å². The number of rotatable bonds is 7. The number of benzene rings is 3. The molecule has 0 amide bonds. The van der Waals surface area contributed by atoms with Crippen molar-refractivity contribution in [2.24, 2.45) is 0 Å². The summed E-state index contributed by atoms with van der Waals surface area (Å²) in [5.41, 5.74) is 3.65. The zero-order chi connectivity index (χ0) is 21.8. The standard InChI is InChI=1S/C24H25N5O2/c1-29(2)18-12-8-11-17(13-18)26-24-27-20-15-22(31-4)21(30-3)14-19(20)23(28-24)25-16-9-6-5-7-10-16/h5-15H,1-4H3,(H2,25,26,27,28). The highest BCUT2D eigenvalue weighted by atomic mass is 16.5. The smallest absolute Gasteiger partial charge is 0.229 e. The maximum Gasteiger partial charge on any atom is 0.229 e. The van der Waals surface area contributed by atoms with Gasteiger partial charge in [0.05, 0.1) is 19.7 Å². The maximum atomic E-state index is 5.48. The largest absolute Gasteiger partial charge is 0.493 e. The van der Waals surface area contributed by atoms with Gasteiger partial charge in [-0.15, -0.1) is 0 Å². The van der Waals surface area contributed by atoms with Gasteiger partial charge in [0.2, 0.25) is 5.95 Å². The van der Waals surface area contributed by atoms with Crippen LogP contribution < -0.4 is 25.0 Å². The van der Waals surface area contributed by atoms with E-state index in [2.05, 4.69) is 10.6 Å². The fourth-order valence-corrected chi connectivity index (χ4v) is 3.26. The third-order valence-electron chi connectivity index (χ3n) is 4.86. The normalized spacial score (nSPS) is 10.6. The highest BCUT2D eigenvalue weighted by Gasteiger charge is 2.14. The van der Waals surface area contributed by atoms with Gasteiger partial charge in [0.25, 0.3) is 0 Å². The molecule has 0 saturated carbocycles. The molecule has 0 aliphatic carbocycles.